The van der Waals surface area contributed by atoms with Crippen LogP contribution in [0.3, 0.4) is 0 Å². The second-order valence-corrected chi connectivity index (χ2v) is 4.98. The van der Waals surface area contributed by atoms with Gasteiger partial charge in [0.05, 0.1) is 19.3 Å². The number of nitrogens with zero attached hydrogens (tertiary/aromatic N) is 4. The first-order chi connectivity index (χ1) is 10.1. The molecule has 0 saturated carbocycles. The molecule has 110 valence electrons. The average molecular weight is 287 g/mol. The molecule has 7 nitrogen and oxygen atoms in total. The number of anilines is 1. The number of nitrogens with two attached hydrogens (primary N) is 1. The Balaban J connectivity index is 1.90. The van der Waals surface area contributed by atoms with Gasteiger partial charge < -0.3 is 19.9 Å². The summed E-state index contributed by atoms with van der Waals surface area (Å²) in [5, 5.41) is 0. The fraction of sp³-hybridized carbons (Fsp3) is 0.357. The van der Waals surface area contributed by atoms with Crippen LogP contribution in [0.1, 0.15) is 22.0 Å². The zero-order valence-corrected chi connectivity index (χ0v) is 12.0. The van der Waals surface area contributed by atoms with Gasteiger partial charge in [-0.3, -0.25) is 4.79 Å². The third kappa shape index (κ3) is 2.31. The van der Waals surface area contributed by atoms with E-state index in [2.05, 4.69) is 14.9 Å². The zero-order chi connectivity index (χ0) is 15.0. The quantitative estimate of drug-likeness (QED) is 0.887. The molecule has 1 aliphatic heterocycles. The minimum atomic E-state index is -0.496. The Morgan fingerprint density at radius 3 is 3.00 bits per heavy atom. The number of carbonyl (C=O) groups is 1. The van der Waals surface area contributed by atoms with Crippen molar-refractivity contribution in [3.05, 3.63) is 35.5 Å². The van der Waals surface area contributed by atoms with E-state index in [9.17, 15) is 4.79 Å². The van der Waals surface area contributed by atoms with Crippen molar-refractivity contribution < 1.29 is 9.53 Å². The lowest BCUT2D eigenvalue weighted by Gasteiger charge is -2.28. The van der Waals surface area contributed by atoms with E-state index < -0.39 is 5.91 Å². The van der Waals surface area contributed by atoms with Crippen LogP contribution >= 0.6 is 0 Å². The maximum Gasteiger partial charge on any atom is 0.284 e. The van der Waals surface area contributed by atoms with Crippen molar-refractivity contribution in [3.63, 3.8) is 0 Å². The number of carbonyl (C=O) groups excluding carboxylic acids is 1. The molecular weight excluding hydrogens is 270 g/mol. The highest BCUT2D eigenvalue weighted by Crippen LogP contribution is 2.26. The van der Waals surface area contributed by atoms with Gasteiger partial charge in [0.25, 0.3) is 5.91 Å². The molecule has 1 aliphatic rings. The Labute approximate surface area is 122 Å². The highest BCUT2D eigenvalue weighted by molar-refractivity contribution is 5.89. The Morgan fingerprint density at radius 2 is 2.29 bits per heavy atom. The molecule has 0 spiro atoms. The van der Waals surface area contributed by atoms with Crippen LogP contribution in [-0.2, 0) is 20.0 Å². The molecule has 2 aromatic heterocycles. The number of ether oxygens (including phenoxy) is 1. The first-order valence-corrected chi connectivity index (χ1v) is 6.69. The van der Waals surface area contributed by atoms with Crippen LogP contribution in [0.2, 0.25) is 0 Å². The summed E-state index contributed by atoms with van der Waals surface area (Å²) in [6, 6.07) is 3.83. The third-order valence-electron chi connectivity index (χ3n) is 3.77. The molecule has 0 fully saturated rings. The minimum absolute atomic E-state index is 0.314. The van der Waals surface area contributed by atoms with E-state index in [4.69, 9.17) is 10.5 Å². The second kappa shape index (κ2) is 5.08. The van der Waals surface area contributed by atoms with Crippen LogP contribution in [-0.4, -0.2) is 34.1 Å². The number of aromatic nitrogens is 3. The number of fused-ring (bicyclic) bond motifs is 1. The molecular formula is C14H17N5O2. The van der Waals surface area contributed by atoms with Gasteiger partial charge in [-0.1, -0.05) is 0 Å². The van der Waals surface area contributed by atoms with Crippen molar-refractivity contribution >= 4 is 11.6 Å². The molecule has 3 heterocycles. The summed E-state index contributed by atoms with van der Waals surface area (Å²) in [5.74, 6) is 0.398. The average Bonchev–Trinajstić information content (AvgIpc) is 2.84. The first-order valence-electron chi connectivity index (χ1n) is 6.69. The summed E-state index contributed by atoms with van der Waals surface area (Å²) in [6.07, 6.45) is 2.54. The molecule has 21 heavy (non-hydrogen) atoms. The van der Waals surface area contributed by atoms with Crippen LogP contribution in [0, 0.1) is 0 Å². The highest BCUT2D eigenvalue weighted by atomic mass is 16.5. The van der Waals surface area contributed by atoms with Gasteiger partial charge in [-0.15, -0.1) is 0 Å². The molecule has 2 N–H and O–H groups in total. The summed E-state index contributed by atoms with van der Waals surface area (Å²) in [5.41, 5.74) is 8.34. The number of amides is 1. The molecule has 2 aromatic rings. The summed E-state index contributed by atoms with van der Waals surface area (Å²) < 4.78 is 6.94. The molecule has 0 atom stereocenters. The SMILES string of the molecule is COc1cc(N2CCc3c(nc(C(N)=O)n3C)C2)ccn1. The smallest absolute Gasteiger partial charge is 0.284 e. The maximum absolute atomic E-state index is 11.4. The Kier molecular flexibility index (Phi) is 3.25. The lowest BCUT2D eigenvalue weighted by Crippen LogP contribution is -2.31. The van der Waals surface area contributed by atoms with Gasteiger partial charge in [0.1, 0.15) is 0 Å². The van der Waals surface area contributed by atoms with Gasteiger partial charge >= 0.3 is 0 Å². The van der Waals surface area contributed by atoms with E-state index in [1.807, 2.05) is 19.2 Å². The second-order valence-electron chi connectivity index (χ2n) is 4.98. The van der Waals surface area contributed by atoms with E-state index in [-0.39, 0.29) is 0 Å². The fourth-order valence-electron chi connectivity index (χ4n) is 2.68. The molecule has 7 heteroatoms. The predicted octanol–water partition coefficient (Wildman–Crippen LogP) is 0.485. The Morgan fingerprint density at radius 1 is 1.48 bits per heavy atom. The van der Waals surface area contributed by atoms with Crippen molar-refractivity contribution in [2.45, 2.75) is 13.0 Å². The standard InChI is InChI=1S/C14H17N5O2/c1-18-11-4-6-19(8-10(11)17-14(18)13(15)20)9-3-5-16-12(7-9)21-2/h3,5,7H,4,6,8H2,1-2H3,(H2,15,20). The van der Waals surface area contributed by atoms with Crippen molar-refractivity contribution in [1.29, 1.82) is 0 Å². The number of imidazole rings is 1. The van der Waals surface area contributed by atoms with Crippen molar-refractivity contribution in [3.8, 4) is 5.88 Å². The topological polar surface area (TPSA) is 86.3 Å². The summed E-state index contributed by atoms with van der Waals surface area (Å²) in [7, 11) is 3.43. The summed E-state index contributed by atoms with van der Waals surface area (Å²) >= 11 is 0. The van der Waals surface area contributed by atoms with E-state index in [0.717, 1.165) is 30.0 Å². The third-order valence-corrected chi connectivity index (χ3v) is 3.77. The number of pyridine rings is 1. The molecule has 0 aliphatic carbocycles. The molecule has 0 unspecified atom stereocenters. The van der Waals surface area contributed by atoms with Gasteiger partial charge in [-0.25, -0.2) is 9.97 Å². The molecule has 0 saturated heterocycles. The largest absolute Gasteiger partial charge is 0.481 e. The number of methoxy groups -OCH3 is 1. The van der Waals surface area contributed by atoms with Crippen LogP contribution in [0.15, 0.2) is 18.3 Å². The van der Waals surface area contributed by atoms with Crippen molar-refractivity contribution in [1.82, 2.24) is 14.5 Å². The van der Waals surface area contributed by atoms with Crippen molar-refractivity contribution in [2.24, 2.45) is 12.8 Å². The van der Waals surface area contributed by atoms with Crippen LogP contribution < -0.4 is 15.4 Å². The first kappa shape index (κ1) is 13.4. The van der Waals surface area contributed by atoms with Gasteiger partial charge in [0.15, 0.2) is 5.82 Å². The normalized spacial score (nSPS) is 13.9. The van der Waals surface area contributed by atoms with E-state index in [0.29, 0.717) is 18.2 Å². The van der Waals surface area contributed by atoms with Gasteiger partial charge in [0, 0.05) is 43.7 Å². The number of primary amides is 1. The van der Waals surface area contributed by atoms with E-state index >= 15 is 0 Å². The Hall–Kier alpha value is -2.57. The van der Waals surface area contributed by atoms with Gasteiger partial charge in [0.2, 0.25) is 5.88 Å². The molecule has 0 bridgehead atoms. The minimum Gasteiger partial charge on any atom is -0.481 e. The molecule has 0 radical (unpaired) electrons. The van der Waals surface area contributed by atoms with Crippen LogP contribution in [0.5, 0.6) is 5.88 Å². The fourth-order valence-corrected chi connectivity index (χ4v) is 2.68. The van der Waals surface area contributed by atoms with Crippen LogP contribution in [0.4, 0.5) is 5.69 Å². The lowest BCUT2D eigenvalue weighted by molar-refractivity contribution is 0.0987. The van der Waals surface area contributed by atoms with E-state index in [1.165, 1.54) is 0 Å². The van der Waals surface area contributed by atoms with Gasteiger partial charge in [-0.05, 0) is 6.07 Å². The maximum atomic E-state index is 11.4. The zero-order valence-electron chi connectivity index (χ0n) is 12.0. The lowest BCUT2D eigenvalue weighted by atomic mass is 10.1. The predicted molar refractivity (Wildman–Crippen MR) is 77.3 cm³/mol. The molecule has 1 amide bonds. The number of rotatable bonds is 3. The number of hydrogen-bond donors (Lipinski definition) is 1. The van der Waals surface area contributed by atoms with Crippen molar-refractivity contribution in [2.75, 3.05) is 18.6 Å². The summed E-state index contributed by atoms with van der Waals surface area (Å²) in [4.78, 5) is 22.0. The Bertz CT molecular complexity index is 695. The molecule has 3 rings (SSSR count). The molecule has 0 aromatic carbocycles. The van der Waals surface area contributed by atoms with E-state index in [1.54, 1.807) is 17.9 Å². The van der Waals surface area contributed by atoms with Gasteiger partial charge in [-0.2, -0.15) is 0 Å². The van der Waals surface area contributed by atoms with Crippen LogP contribution in [0.25, 0.3) is 0 Å². The highest BCUT2D eigenvalue weighted by Gasteiger charge is 2.24. The summed E-state index contributed by atoms with van der Waals surface area (Å²) in [6.45, 7) is 1.49. The number of hydrogen-bond acceptors (Lipinski definition) is 5. The monoisotopic (exact) mass is 287 g/mol.